The summed E-state index contributed by atoms with van der Waals surface area (Å²) in [5.41, 5.74) is 1.79. The molecule has 8 heteroatoms. The SMILES string of the molecule is CCCNc1nc(Cl)nc(-n2nc(C)c(Br)c2C)n1. The van der Waals surface area contributed by atoms with Gasteiger partial charge in [-0.15, -0.1) is 0 Å². The second-order valence-electron chi connectivity index (χ2n) is 4.05. The Morgan fingerprint density at radius 1 is 1.26 bits per heavy atom. The number of nitrogens with one attached hydrogen (secondary N) is 1. The highest BCUT2D eigenvalue weighted by molar-refractivity contribution is 9.10. The number of aromatic nitrogens is 5. The van der Waals surface area contributed by atoms with E-state index in [0.717, 1.165) is 28.8 Å². The van der Waals surface area contributed by atoms with Crippen LogP contribution in [0, 0.1) is 13.8 Å². The van der Waals surface area contributed by atoms with Crippen molar-refractivity contribution in [1.29, 1.82) is 0 Å². The van der Waals surface area contributed by atoms with Gasteiger partial charge in [-0.05, 0) is 47.8 Å². The Labute approximate surface area is 124 Å². The summed E-state index contributed by atoms with van der Waals surface area (Å²) in [6.45, 7) is 6.68. The van der Waals surface area contributed by atoms with E-state index in [1.165, 1.54) is 0 Å². The lowest BCUT2D eigenvalue weighted by molar-refractivity contribution is 0.763. The van der Waals surface area contributed by atoms with E-state index < -0.39 is 0 Å². The molecule has 2 aromatic rings. The zero-order valence-corrected chi connectivity index (χ0v) is 13.2. The average Bonchev–Trinajstić information content (AvgIpc) is 2.63. The molecule has 0 spiro atoms. The minimum Gasteiger partial charge on any atom is -0.354 e. The number of hydrogen-bond acceptors (Lipinski definition) is 5. The summed E-state index contributed by atoms with van der Waals surface area (Å²) < 4.78 is 2.58. The largest absolute Gasteiger partial charge is 0.354 e. The van der Waals surface area contributed by atoms with Crippen LogP contribution in [0.4, 0.5) is 5.95 Å². The predicted molar refractivity (Wildman–Crippen MR) is 77.9 cm³/mol. The second kappa shape index (κ2) is 5.83. The molecule has 2 heterocycles. The van der Waals surface area contributed by atoms with Gasteiger partial charge >= 0.3 is 0 Å². The zero-order chi connectivity index (χ0) is 14.0. The highest BCUT2D eigenvalue weighted by Crippen LogP contribution is 2.22. The summed E-state index contributed by atoms with van der Waals surface area (Å²) in [6, 6.07) is 0. The van der Waals surface area contributed by atoms with Gasteiger partial charge in [-0.25, -0.2) is 4.68 Å². The number of anilines is 1. The minimum atomic E-state index is 0.146. The molecule has 0 amide bonds. The van der Waals surface area contributed by atoms with Crippen molar-refractivity contribution < 1.29 is 0 Å². The Hall–Kier alpha value is -1.21. The van der Waals surface area contributed by atoms with E-state index >= 15 is 0 Å². The standard InChI is InChI=1S/C11H14BrClN6/c1-4-5-14-10-15-9(13)16-11(17-10)19-7(3)8(12)6(2)18-19/h4-5H2,1-3H3,(H,14,15,16,17). The monoisotopic (exact) mass is 344 g/mol. The first-order valence-corrected chi connectivity index (χ1v) is 7.07. The number of rotatable bonds is 4. The van der Waals surface area contributed by atoms with E-state index in [2.05, 4.69) is 48.2 Å². The fraction of sp³-hybridized carbons (Fsp3) is 0.455. The normalized spacial score (nSPS) is 10.8. The molecule has 0 atom stereocenters. The fourth-order valence-corrected chi connectivity index (χ4v) is 1.97. The van der Waals surface area contributed by atoms with Crippen LogP contribution in [0.3, 0.4) is 0 Å². The summed E-state index contributed by atoms with van der Waals surface area (Å²) in [6.07, 6.45) is 0.976. The van der Waals surface area contributed by atoms with Crippen LogP contribution in [0.1, 0.15) is 24.7 Å². The molecule has 0 saturated carbocycles. The Bertz CT molecular complexity index is 597. The third kappa shape index (κ3) is 3.03. The minimum absolute atomic E-state index is 0.146. The molecule has 19 heavy (non-hydrogen) atoms. The zero-order valence-electron chi connectivity index (χ0n) is 10.9. The molecule has 2 aromatic heterocycles. The van der Waals surface area contributed by atoms with Gasteiger partial charge in [-0.3, -0.25) is 0 Å². The molecule has 0 aliphatic heterocycles. The van der Waals surface area contributed by atoms with Crippen molar-refractivity contribution in [2.45, 2.75) is 27.2 Å². The lowest BCUT2D eigenvalue weighted by Crippen LogP contribution is -2.11. The van der Waals surface area contributed by atoms with Gasteiger partial charge in [-0.2, -0.15) is 20.1 Å². The van der Waals surface area contributed by atoms with Crippen molar-refractivity contribution in [2.24, 2.45) is 0 Å². The maximum Gasteiger partial charge on any atom is 0.256 e. The van der Waals surface area contributed by atoms with Crippen LogP contribution in [0.5, 0.6) is 0 Å². The highest BCUT2D eigenvalue weighted by atomic mass is 79.9. The average molecular weight is 346 g/mol. The first-order valence-electron chi connectivity index (χ1n) is 5.90. The number of halogens is 2. The number of hydrogen-bond donors (Lipinski definition) is 1. The third-order valence-corrected chi connectivity index (χ3v) is 3.84. The van der Waals surface area contributed by atoms with Crippen LogP contribution in [0.15, 0.2) is 4.47 Å². The summed E-state index contributed by atoms with van der Waals surface area (Å²) in [7, 11) is 0. The van der Waals surface area contributed by atoms with Gasteiger partial charge in [0.15, 0.2) is 0 Å². The molecule has 0 unspecified atom stereocenters. The van der Waals surface area contributed by atoms with Crippen LogP contribution in [0.25, 0.3) is 5.95 Å². The molecule has 2 rings (SSSR count). The first kappa shape index (κ1) is 14.2. The predicted octanol–water partition coefficient (Wildman–Crippen LogP) is 2.91. The Balaban J connectivity index is 2.43. The quantitative estimate of drug-likeness (QED) is 0.922. The lowest BCUT2D eigenvalue weighted by atomic mass is 10.4. The molecule has 0 aliphatic rings. The van der Waals surface area contributed by atoms with E-state index in [1.807, 2.05) is 13.8 Å². The Morgan fingerprint density at radius 3 is 2.58 bits per heavy atom. The van der Waals surface area contributed by atoms with Gasteiger partial charge in [0, 0.05) is 6.54 Å². The van der Waals surface area contributed by atoms with Gasteiger partial charge in [0.05, 0.1) is 15.9 Å². The van der Waals surface area contributed by atoms with Gasteiger partial charge in [-0.1, -0.05) is 6.92 Å². The molecule has 0 saturated heterocycles. The fourth-order valence-electron chi connectivity index (χ4n) is 1.57. The third-order valence-electron chi connectivity index (χ3n) is 2.52. The molecule has 0 radical (unpaired) electrons. The van der Waals surface area contributed by atoms with Crippen molar-refractivity contribution in [2.75, 3.05) is 11.9 Å². The molecule has 0 aliphatic carbocycles. The highest BCUT2D eigenvalue weighted by Gasteiger charge is 2.14. The lowest BCUT2D eigenvalue weighted by Gasteiger charge is -2.06. The summed E-state index contributed by atoms with van der Waals surface area (Å²) in [5, 5.41) is 7.61. The molecule has 0 fully saturated rings. The van der Waals surface area contributed by atoms with Crippen molar-refractivity contribution >= 4 is 33.5 Å². The van der Waals surface area contributed by atoms with E-state index in [9.17, 15) is 0 Å². The first-order chi connectivity index (χ1) is 9.02. The summed E-state index contributed by atoms with van der Waals surface area (Å²) >= 11 is 9.40. The molecule has 0 bridgehead atoms. The summed E-state index contributed by atoms with van der Waals surface area (Å²) in [4.78, 5) is 12.5. The maximum atomic E-state index is 5.92. The molecular formula is C11H14BrClN6. The van der Waals surface area contributed by atoms with Crippen molar-refractivity contribution in [3.8, 4) is 5.95 Å². The molecule has 0 aromatic carbocycles. The van der Waals surface area contributed by atoms with Crippen LogP contribution < -0.4 is 5.32 Å². The van der Waals surface area contributed by atoms with E-state index in [4.69, 9.17) is 11.6 Å². The van der Waals surface area contributed by atoms with E-state index in [0.29, 0.717) is 11.9 Å². The van der Waals surface area contributed by atoms with Crippen LogP contribution in [-0.2, 0) is 0 Å². The van der Waals surface area contributed by atoms with Crippen LogP contribution in [-0.4, -0.2) is 31.3 Å². The molecule has 102 valence electrons. The Morgan fingerprint density at radius 2 is 2.00 bits per heavy atom. The van der Waals surface area contributed by atoms with Gasteiger partial charge in [0.1, 0.15) is 0 Å². The summed E-state index contributed by atoms with van der Waals surface area (Å²) in [5.74, 6) is 0.866. The molecule has 1 N–H and O–H groups in total. The second-order valence-corrected chi connectivity index (χ2v) is 5.18. The molecular weight excluding hydrogens is 332 g/mol. The van der Waals surface area contributed by atoms with Gasteiger partial charge in [0.25, 0.3) is 5.95 Å². The maximum absolute atomic E-state index is 5.92. The van der Waals surface area contributed by atoms with Gasteiger partial charge < -0.3 is 5.32 Å². The van der Waals surface area contributed by atoms with Crippen molar-refractivity contribution in [3.63, 3.8) is 0 Å². The number of aryl methyl sites for hydroxylation is 1. The van der Waals surface area contributed by atoms with Crippen molar-refractivity contribution in [1.82, 2.24) is 24.7 Å². The van der Waals surface area contributed by atoms with E-state index in [1.54, 1.807) is 4.68 Å². The topological polar surface area (TPSA) is 68.5 Å². The smallest absolute Gasteiger partial charge is 0.256 e. The van der Waals surface area contributed by atoms with Crippen LogP contribution in [0.2, 0.25) is 5.28 Å². The Kier molecular flexibility index (Phi) is 4.36. The number of nitrogens with zero attached hydrogens (tertiary/aromatic N) is 5. The molecule has 6 nitrogen and oxygen atoms in total. The van der Waals surface area contributed by atoms with Gasteiger partial charge in [0.2, 0.25) is 11.2 Å². The van der Waals surface area contributed by atoms with E-state index in [-0.39, 0.29) is 5.28 Å². The van der Waals surface area contributed by atoms with Crippen molar-refractivity contribution in [3.05, 3.63) is 21.1 Å². The van der Waals surface area contributed by atoms with Crippen LogP contribution >= 0.6 is 27.5 Å².